The first-order valence-corrected chi connectivity index (χ1v) is 9.58. The van der Waals surface area contributed by atoms with E-state index in [1.807, 2.05) is 4.57 Å². The van der Waals surface area contributed by atoms with Crippen LogP contribution in [0.3, 0.4) is 0 Å². The summed E-state index contributed by atoms with van der Waals surface area (Å²) in [6.07, 6.45) is 6.22. The molecule has 1 aliphatic carbocycles. The summed E-state index contributed by atoms with van der Waals surface area (Å²) in [4.78, 5) is 22.7. The number of aromatic nitrogens is 2. The molecule has 1 unspecified atom stereocenters. The Morgan fingerprint density at radius 2 is 2.04 bits per heavy atom. The number of furan rings is 1. The minimum Gasteiger partial charge on any atom is -0.446 e. The van der Waals surface area contributed by atoms with Crippen LogP contribution in [0.5, 0.6) is 0 Å². The third-order valence-corrected chi connectivity index (χ3v) is 5.73. The fourth-order valence-corrected chi connectivity index (χ4v) is 3.89. The van der Waals surface area contributed by atoms with Gasteiger partial charge in [-0.1, -0.05) is 19.8 Å². The lowest BCUT2D eigenvalue weighted by Crippen LogP contribution is -2.47. The summed E-state index contributed by atoms with van der Waals surface area (Å²) in [6, 6.07) is 1.92. The molecule has 2 aromatic rings. The maximum Gasteiger partial charge on any atom is 0.264 e. The molecule has 1 aliphatic heterocycles. The van der Waals surface area contributed by atoms with Gasteiger partial charge in [-0.2, -0.15) is 4.98 Å². The van der Waals surface area contributed by atoms with Crippen LogP contribution in [-0.4, -0.2) is 52.6 Å². The lowest BCUT2D eigenvalue weighted by Gasteiger charge is -2.37. The first-order chi connectivity index (χ1) is 12.2. The van der Waals surface area contributed by atoms with Crippen LogP contribution in [0, 0.1) is 5.92 Å². The van der Waals surface area contributed by atoms with Crippen LogP contribution in [0.25, 0.3) is 11.1 Å². The van der Waals surface area contributed by atoms with Gasteiger partial charge in [-0.15, -0.1) is 0 Å². The van der Waals surface area contributed by atoms with Crippen molar-refractivity contribution < 1.29 is 4.42 Å². The molecule has 0 radical (unpaired) electrons. The Labute approximate surface area is 148 Å². The van der Waals surface area contributed by atoms with Crippen molar-refractivity contribution in [1.82, 2.24) is 19.4 Å². The minimum atomic E-state index is 0.0574. The summed E-state index contributed by atoms with van der Waals surface area (Å²) in [5.74, 6) is 1.68. The summed E-state index contributed by atoms with van der Waals surface area (Å²) < 4.78 is 7.41. The molecule has 4 rings (SSSR count). The summed E-state index contributed by atoms with van der Waals surface area (Å²) >= 11 is 0. The third-order valence-electron chi connectivity index (χ3n) is 5.73. The molecule has 1 saturated heterocycles. The van der Waals surface area contributed by atoms with E-state index in [1.165, 1.54) is 12.8 Å². The largest absolute Gasteiger partial charge is 0.446 e. The second-order valence-corrected chi connectivity index (χ2v) is 7.56. The molecule has 0 N–H and O–H groups in total. The monoisotopic (exact) mass is 344 g/mol. The number of nitrogens with zero attached hydrogens (tertiary/aromatic N) is 4. The predicted octanol–water partition coefficient (Wildman–Crippen LogP) is 2.49. The van der Waals surface area contributed by atoms with Crippen LogP contribution in [0.4, 0.5) is 0 Å². The van der Waals surface area contributed by atoms with Crippen LogP contribution < -0.4 is 5.56 Å². The van der Waals surface area contributed by atoms with Crippen molar-refractivity contribution in [2.24, 2.45) is 5.92 Å². The number of likely N-dealkylation sites (N-methyl/N-ethyl adjacent to an activating group) is 1. The number of piperazine rings is 1. The molecule has 0 aromatic carbocycles. The van der Waals surface area contributed by atoms with Crippen LogP contribution >= 0.6 is 0 Å². The quantitative estimate of drug-likeness (QED) is 0.806. The lowest BCUT2D eigenvalue weighted by atomic mass is 10.1. The number of fused-ring (bicyclic) bond motifs is 1. The molecule has 3 heterocycles. The molecule has 2 aromatic heterocycles. The maximum atomic E-state index is 13.0. The third kappa shape index (κ3) is 3.37. The fraction of sp³-hybridized carbons (Fsp3) is 0.684. The highest BCUT2D eigenvalue weighted by Crippen LogP contribution is 2.33. The first-order valence-electron chi connectivity index (χ1n) is 9.58. The van der Waals surface area contributed by atoms with E-state index in [0.29, 0.717) is 11.1 Å². The van der Waals surface area contributed by atoms with Gasteiger partial charge >= 0.3 is 0 Å². The van der Waals surface area contributed by atoms with Crippen LogP contribution in [0.2, 0.25) is 0 Å². The van der Waals surface area contributed by atoms with Gasteiger partial charge in [0.05, 0.1) is 12.3 Å². The zero-order valence-electron chi connectivity index (χ0n) is 15.3. The molecule has 25 heavy (non-hydrogen) atoms. The van der Waals surface area contributed by atoms with Gasteiger partial charge in [0.15, 0.2) is 0 Å². The Kier molecular flexibility index (Phi) is 4.65. The van der Waals surface area contributed by atoms with Crippen LogP contribution in [0.15, 0.2) is 21.5 Å². The average Bonchev–Trinajstić information content (AvgIpc) is 3.32. The average molecular weight is 344 g/mol. The molecule has 0 amide bonds. The highest BCUT2D eigenvalue weighted by atomic mass is 16.3. The summed E-state index contributed by atoms with van der Waals surface area (Å²) in [5, 5.41) is 0.604. The standard InChI is InChI=1S/C19H28N4O2/c1-3-16(22-11-9-21(2)10-12-22)17-20-18-15(7-13-25-18)19(24)23(17)8-6-14-4-5-14/h7,13-14,16H,3-6,8-12H2,1-2H3. The van der Waals surface area contributed by atoms with Crippen LogP contribution in [0.1, 0.15) is 44.5 Å². The zero-order chi connectivity index (χ0) is 17.4. The van der Waals surface area contributed by atoms with Gasteiger partial charge in [0.2, 0.25) is 5.71 Å². The van der Waals surface area contributed by atoms with Gasteiger partial charge in [-0.05, 0) is 31.9 Å². The Morgan fingerprint density at radius 1 is 1.28 bits per heavy atom. The molecule has 1 atom stereocenters. The molecular weight excluding hydrogens is 316 g/mol. The first kappa shape index (κ1) is 16.8. The summed E-state index contributed by atoms with van der Waals surface area (Å²) in [5.41, 5.74) is 0.539. The molecular formula is C19H28N4O2. The van der Waals surface area contributed by atoms with Crippen molar-refractivity contribution in [1.29, 1.82) is 0 Å². The predicted molar refractivity (Wildman–Crippen MR) is 97.7 cm³/mol. The minimum absolute atomic E-state index is 0.0574. The Bertz CT molecular complexity index is 784. The zero-order valence-corrected chi connectivity index (χ0v) is 15.3. The van der Waals surface area contributed by atoms with Crippen molar-refractivity contribution in [3.8, 4) is 0 Å². The summed E-state index contributed by atoms with van der Waals surface area (Å²) in [6.45, 7) is 7.12. The van der Waals surface area contributed by atoms with Gasteiger partial charge in [-0.3, -0.25) is 14.3 Å². The Balaban J connectivity index is 1.71. The molecule has 6 heteroatoms. The van der Waals surface area contributed by atoms with E-state index in [1.54, 1.807) is 12.3 Å². The highest BCUT2D eigenvalue weighted by Gasteiger charge is 2.28. The number of hydrogen-bond acceptors (Lipinski definition) is 5. The second-order valence-electron chi connectivity index (χ2n) is 7.56. The van der Waals surface area contributed by atoms with Crippen molar-refractivity contribution >= 4 is 11.1 Å². The van der Waals surface area contributed by atoms with E-state index in [-0.39, 0.29) is 11.6 Å². The number of hydrogen-bond donors (Lipinski definition) is 0. The van der Waals surface area contributed by atoms with Gasteiger partial charge < -0.3 is 9.32 Å². The topological polar surface area (TPSA) is 54.5 Å². The lowest BCUT2D eigenvalue weighted by molar-refractivity contribution is 0.102. The van der Waals surface area contributed by atoms with E-state index in [9.17, 15) is 4.79 Å². The van der Waals surface area contributed by atoms with Crippen molar-refractivity contribution in [3.05, 3.63) is 28.5 Å². The molecule has 2 aliphatic rings. The van der Waals surface area contributed by atoms with Crippen LogP contribution in [-0.2, 0) is 6.54 Å². The normalized spacial score (nSPS) is 21.0. The molecule has 1 saturated carbocycles. The van der Waals surface area contributed by atoms with E-state index < -0.39 is 0 Å². The van der Waals surface area contributed by atoms with E-state index in [4.69, 9.17) is 9.40 Å². The van der Waals surface area contributed by atoms with E-state index >= 15 is 0 Å². The van der Waals surface area contributed by atoms with Crippen molar-refractivity contribution in [3.63, 3.8) is 0 Å². The molecule has 6 nitrogen and oxygen atoms in total. The highest BCUT2D eigenvalue weighted by molar-refractivity contribution is 5.71. The Morgan fingerprint density at radius 3 is 2.72 bits per heavy atom. The molecule has 136 valence electrons. The maximum absolute atomic E-state index is 13.0. The molecule has 0 spiro atoms. The summed E-state index contributed by atoms with van der Waals surface area (Å²) in [7, 11) is 2.16. The van der Waals surface area contributed by atoms with Crippen molar-refractivity contribution in [2.75, 3.05) is 33.2 Å². The Hall–Kier alpha value is -1.66. The number of rotatable bonds is 6. The van der Waals surface area contributed by atoms with Gasteiger partial charge in [0.1, 0.15) is 11.2 Å². The second kappa shape index (κ2) is 6.92. The van der Waals surface area contributed by atoms with E-state index in [2.05, 4.69) is 23.8 Å². The van der Waals surface area contributed by atoms with Gasteiger partial charge in [0, 0.05) is 32.7 Å². The van der Waals surface area contributed by atoms with Gasteiger partial charge in [-0.25, -0.2) is 0 Å². The van der Waals surface area contributed by atoms with Crippen molar-refractivity contribution in [2.45, 2.75) is 45.2 Å². The smallest absolute Gasteiger partial charge is 0.264 e. The fourth-order valence-electron chi connectivity index (χ4n) is 3.89. The molecule has 2 fully saturated rings. The van der Waals surface area contributed by atoms with Gasteiger partial charge in [0.25, 0.3) is 5.56 Å². The molecule has 0 bridgehead atoms. The SMILES string of the molecule is CCC(c1nc2occc2c(=O)n1CCC1CC1)N1CCN(C)CC1. The van der Waals surface area contributed by atoms with E-state index in [0.717, 1.165) is 57.3 Å².